The van der Waals surface area contributed by atoms with Crippen LogP contribution in [-0.2, 0) is 11.3 Å². The minimum absolute atomic E-state index is 0.0409. The predicted molar refractivity (Wildman–Crippen MR) is 111 cm³/mol. The minimum atomic E-state index is -0.275. The monoisotopic (exact) mass is 407 g/mol. The number of hydrogen-bond donors (Lipinski definition) is 1. The molecule has 0 aliphatic heterocycles. The van der Waals surface area contributed by atoms with Crippen LogP contribution in [0.15, 0.2) is 32.8 Å². The summed E-state index contributed by atoms with van der Waals surface area (Å²) in [5.41, 5.74) is 0.630. The zero-order valence-electron chi connectivity index (χ0n) is 15.2. The standard InChI is InChI=1S/C18H21N3O2S3/c1-5-21-16(23)14-11(12-7-6-8-24-12)9-25-15(14)19-17(21)26-10-13(22)20-18(2,3)4/h6-9H,5,10H2,1-4H3,(H,20,22). The Labute approximate surface area is 164 Å². The van der Waals surface area contributed by atoms with Gasteiger partial charge in [-0.2, -0.15) is 0 Å². The molecular formula is C18H21N3O2S3. The van der Waals surface area contributed by atoms with Crippen LogP contribution < -0.4 is 10.9 Å². The predicted octanol–water partition coefficient (Wildman–Crippen LogP) is 4.21. The largest absolute Gasteiger partial charge is 0.351 e. The second kappa shape index (κ2) is 7.54. The van der Waals surface area contributed by atoms with Gasteiger partial charge < -0.3 is 5.32 Å². The van der Waals surface area contributed by atoms with Gasteiger partial charge in [0.25, 0.3) is 5.56 Å². The third-order valence-electron chi connectivity index (χ3n) is 3.61. The Balaban J connectivity index is 1.95. The third kappa shape index (κ3) is 4.02. The summed E-state index contributed by atoms with van der Waals surface area (Å²) in [4.78, 5) is 31.6. The molecule has 0 spiro atoms. The summed E-state index contributed by atoms with van der Waals surface area (Å²) in [6.45, 7) is 8.27. The topological polar surface area (TPSA) is 64.0 Å². The average molecular weight is 408 g/mol. The summed E-state index contributed by atoms with van der Waals surface area (Å²) >= 11 is 4.39. The van der Waals surface area contributed by atoms with E-state index in [4.69, 9.17) is 0 Å². The molecule has 138 valence electrons. The first-order valence-corrected chi connectivity index (χ1v) is 11.0. The first kappa shape index (κ1) is 19.1. The zero-order chi connectivity index (χ0) is 18.9. The molecule has 0 radical (unpaired) electrons. The number of thiophene rings is 2. The second-order valence-corrected chi connectivity index (χ2v) is 9.59. The van der Waals surface area contributed by atoms with Crippen LogP contribution in [0, 0.1) is 0 Å². The molecule has 26 heavy (non-hydrogen) atoms. The van der Waals surface area contributed by atoms with Crippen LogP contribution in [0.1, 0.15) is 27.7 Å². The summed E-state index contributed by atoms with van der Waals surface area (Å²) in [5.74, 6) is 0.170. The normalized spacial score (nSPS) is 11.8. The maximum absolute atomic E-state index is 13.1. The van der Waals surface area contributed by atoms with Gasteiger partial charge in [0.15, 0.2) is 5.16 Å². The number of carbonyl (C=O) groups excluding carboxylic acids is 1. The van der Waals surface area contributed by atoms with Gasteiger partial charge in [-0.25, -0.2) is 4.98 Å². The molecule has 0 unspecified atom stereocenters. The first-order valence-electron chi connectivity index (χ1n) is 8.30. The van der Waals surface area contributed by atoms with E-state index in [0.717, 1.165) is 15.3 Å². The summed E-state index contributed by atoms with van der Waals surface area (Å²) in [7, 11) is 0. The van der Waals surface area contributed by atoms with Crippen molar-refractivity contribution in [1.29, 1.82) is 0 Å². The van der Waals surface area contributed by atoms with Crippen LogP contribution in [0.4, 0.5) is 0 Å². The Morgan fingerprint density at radius 1 is 1.35 bits per heavy atom. The van der Waals surface area contributed by atoms with Crippen molar-refractivity contribution in [2.45, 2.75) is 44.9 Å². The highest BCUT2D eigenvalue weighted by atomic mass is 32.2. The van der Waals surface area contributed by atoms with Gasteiger partial charge >= 0.3 is 0 Å². The lowest BCUT2D eigenvalue weighted by Crippen LogP contribution is -2.41. The number of nitrogens with zero attached hydrogens (tertiary/aromatic N) is 2. The Bertz CT molecular complexity index is 982. The lowest BCUT2D eigenvalue weighted by atomic mass is 10.1. The highest BCUT2D eigenvalue weighted by Gasteiger charge is 2.19. The number of nitrogens with one attached hydrogen (secondary N) is 1. The van der Waals surface area contributed by atoms with Gasteiger partial charge in [0.1, 0.15) is 4.83 Å². The molecule has 5 nitrogen and oxygen atoms in total. The molecule has 0 fully saturated rings. The lowest BCUT2D eigenvalue weighted by Gasteiger charge is -2.20. The van der Waals surface area contributed by atoms with Crippen molar-refractivity contribution in [3.05, 3.63) is 33.2 Å². The number of amides is 1. The molecule has 3 heterocycles. The van der Waals surface area contributed by atoms with Crippen LogP contribution in [0.5, 0.6) is 0 Å². The molecular weight excluding hydrogens is 386 g/mol. The number of thioether (sulfide) groups is 1. The quantitative estimate of drug-likeness (QED) is 0.508. The molecule has 0 aliphatic rings. The first-order chi connectivity index (χ1) is 12.3. The molecule has 0 aromatic carbocycles. The van der Waals surface area contributed by atoms with Gasteiger partial charge in [-0.3, -0.25) is 14.2 Å². The van der Waals surface area contributed by atoms with Crippen molar-refractivity contribution in [3.63, 3.8) is 0 Å². The van der Waals surface area contributed by atoms with E-state index >= 15 is 0 Å². The maximum Gasteiger partial charge on any atom is 0.263 e. The van der Waals surface area contributed by atoms with Crippen LogP contribution in [0.25, 0.3) is 20.7 Å². The van der Waals surface area contributed by atoms with Crippen LogP contribution >= 0.6 is 34.4 Å². The van der Waals surface area contributed by atoms with Gasteiger partial charge in [-0.05, 0) is 39.1 Å². The third-order valence-corrected chi connectivity index (χ3v) is 6.36. The average Bonchev–Trinajstić information content (AvgIpc) is 3.20. The number of fused-ring (bicyclic) bond motifs is 1. The molecule has 3 aromatic heterocycles. The van der Waals surface area contributed by atoms with Crippen molar-refractivity contribution < 1.29 is 4.79 Å². The molecule has 8 heteroatoms. The summed E-state index contributed by atoms with van der Waals surface area (Å²) in [6, 6.07) is 3.99. The molecule has 0 aliphatic carbocycles. The van der Waals surface area contributed by atoms with Gasteiger partial charge in [0, 0.05) is 27.9 Å². The van der Waals surface area contributed by atoms with E-state index in [-0.39, 0.29) is 22.8 Å². The highest BCUT2D eigenvalue weighted by molar-refractivity contribution is 7.99. The van der Waals surface area contributed by atoms with Crippen molar-refractivity contribution in [2.75, 3.05) is 5.75 Å². The Morgan fingerprint density at radius 2 is 2.12 bits per heavy atom. The Morgan fingerprint density at radius 3 is 2.73 bits per heavy atom. The lowest BCUT2D eigenvalue weighted by molar-refractivity contribution is -0.119. The molecule has 3 rings (SSSR count). The highest BCUT2D eigenvalue weighted by Crippen LogP contribution is 2.34. The van der Waals surface area contributed by atoms with E-state index in [9.17, 15) is 9.59 Å². The van der Waals surface area contributed by atoms with Crippen LogP contribution in [0.2, 0.25) is 0 Å². The molecule has 0 atom stereocenters. The van der Waals surface area contributed by atoms with E-state index in [2.05, 4.69) is 10.3 Å². The summed E-state index contributed by atoms with van der Waals surface area (Å²) < 4.78 is 1.65. The fourth-order valence-electron chi connectivity index (χ4n) is 2.59. The zero-order valence-corrected chi connectivity index (χ0v) is 17.6. The summed E-state index contributed by atoms with van der Waals surface area (Å²) in [5, 5.41) is 8.19. The van der Waals surface area contributed by atoms with Crippen molar-refractivity contribution in [2.24, 2.45) is 0 Å². The number of carbonyl (C=O) groups is 1. The van der Waals surface area contributed by atoms with Crippen molar-refractivity contribution in [1.82, 2.24) is 14.9 Å². The minimum Gasteiger partial charge on any atom is -0.351 e. The van der Waals surface area contributed by atoms with Crippen LogP contribution in [0.3, 0.4) is 0 Å². The van der Waals surface area contributed by atoms with E-state index in [1.165, 1.54) is 23.1 Å². The maximum atomic E-state index is 13.1. The molecule has 0 bridgehead atoms. The van der Waals surface area contributed by atoms with E-state index in [1.807, 2.05) is 50.6 Å². The molecule has 0 saturated carbocycles. The number of aromatic nitrogens is 2. The van der Waals surface area contributed by atoms with E-state index in [1.54, 1.807) is 15.9 Å². The van der Waals surface area contributed by atoms with Gasteiger partial charge in [0.05, 0.1) is 11.1 Å². The van der Waals surface area contributed by atoms with Crippen molar-refractivity contribution in [3.8, 4) is 10.4 Å². The number of hydrogen-bond acceptors (Lipinski definition) is 6. The SMILES string of the molecule is CCn1c(SCC(=O)NC(C)(C)C)nc2scc(-c3cccs3)c2c1=O. The van der Waals surface area contributed by atoms with Gasteiger partial charge in [-0.15, -0.1) is 22.7 Å². The summed E-state index contributed by atoms with van der Waals surface area (Å²) in [6.07, 6.45) is 0. The van der Waals surface area contributed by atoms with Crippen LogP contribution in [-0.4, -0.2) is 26.8 Å². The Hall–Kier alpha value is -1.64. The Kier molecular flexibility index (Phi) is 5.55. The van der Waals surface area contributed by atoms with Crippen molar-refractivity contribution >= 4 is 50.6 Å². The number of rotatable bonds is 5. The smallest absolute Gasteiger partial charge is 0.263 e. The fourth-order valence-corrected chi connectivity index (χ4v) is 5.26. The molecule has 0 saturated heterocycles. The van der Waals surface area contributed by atoms with Gasteiger partial charge in [-0.1, -0.05) is 17.8 Å². The molecule has 3 aromatic rings. The fraction of sp³-hybridized carbons (Fsp3) is 0.389. The molecule has 1 amide bonds. The van der Waals surface area contributed by atoms with E-state index < -0.39 is 0 Å². The van der Waals surface area contributed by atoms with Gasteiger partial charge in [0.2, 0.25) is 5.91 Å². The van der Waals surface area contributed by atoms with E-state index in [0.29, 0.717) is 17.1 Å². The molecule has 1 N–H and O–H groups in total. The second-order valence-electron chi connectivity index (χ2n) is 6.84.